The minimum atomic E-state index is -4.45. The van der Waals surface area contributed by atoms with Crippen LogP contribution >= 0.6 is 0 Å². The summed E-state index contributed by atoms with van der Waals surface area (Å²) < 4.78 is 55.5. The number of aliphatic imine (C=N–C) groups is 1. The topological polar surface area (TPSA) is 64.1 Å². The van der Waals surface area contributed by atoms with Gasteiger partial charge in [-0.25, -0.2) is 0 Å². The fraction of sp³-hybridized carbons (Fsp3) is 0.611. The summed E-state index contributed by atoms with van der Waals surface area (Å²) in [6.45, 7) is 2.57. The minimum Gasteiger partial charge on any atom is -0.497 e. The average Bonchev–Trinajstić information content (AvgIpc) is 3.16. The van der Waals surface area contributed by atoms with Crippen molar-refractivity contribution in [3.05, 3.63) is 29.3 Å². The summed E-state index contributed by atoms with van der Waals surface area (Å²) in [5.74, 6) is 0.601. The molecule has 0 spiro atoms. The van der Waals surface area contributed by atoms with Crippen LogP contribution in [0, 0.1) is 0 Å². The molecular formula is C18H26F3N3O3. The van der Waals surface area contributed by atoms with Gasteiger partial charge in [-0.05, 0) is 30.5 Å². The molecule has 1 aromatic carbocycles. The van der Waals surface area contributed by atoms with Gasteiger partial charge in [0.1, 0.15) is 5.75 Å². The number of methoxy groups -OCH3 is 1. The summed E-state index contributed by atoms with van der Waals surface area (Å²) in [4.78, 5) is 4.03. The van der Waals surface area contributed by atoms with Crippen molar-refractivity contribution in [3.8, 4) is 5.75 Å². The van der Waals surface area contributed by atoms with Crippen molar-refractivity contribution < 1.29 is 27.4 Å². The van der Waals surface area contributed by atoms with E-state index in [0.717, 1.165) is 25.5 Å². The molecule has 2 rings (SSSR count). The van der Waals surface area contributed by atoms with Crippen molar-refractivity contribution in [1.82, 2.24) is 10.6 Å². The largest absolute Gasteiger partial charge is 0.497 e. The van der Waals surface area contributed by atoms with Crippen LogP contribution in [0.5, 0.6) is 5.75 Å². The van der Waals surface area contributed by atoms with Crippen molar-refractivity contribution in [1.29, 1.82) is 0 Å². The van der Waals surface area contributed by atoms with E-state index >= 15 is 0 Å². The number of guanidine groups is 1. The van der Waals surface area contributed by atoms with Crippen LogP contribution in [-0.2, 0) is 22.2 Å². The predicted octanol–water partition coefficient (Wildman–Crippen LogP) is 2.57. The lowest BCUT2D eigenvalue weighted by Gasteiger charge is -2.17. The number of halogens is 3. The van der Waals surface area contributed by atoms with Gasteiger partial charge in [0, 0.05) is 33.4 Å². The molecule has 0 saturated carbocycles. The zero-order chi connectivity index (χ0) is 19.7. The molecule has 27 heavy (non-hydrogen) atoms. The Bertz CT molecular complexity index is 618. The molecule has 1 heterocycles. The Morgan fingerprint density at radius 2 is 2.15 bits per heavy atom. The molecular weight excluding hydrogens is 363 g/mol. The molecule has 1 unspecified atom stereocenters. The average molecular weight is 389 g/mol. The van der Waals surface area contributed by atoms with Crippen LogP contribution in [0.1, 0.15) is 24.0 Å². The number of benzene rings is 1. The molecule has 1 fully saturated rings. The zero-order valence-electron chi connectivity index (χ0n) is 15.6. The summed E-state index contributed by atoms with van der Waals surface area (Å²) in [7, 11) is 2.91. The van der Waals surface area contributed by atoms with Gasteiger partial charge in [-0.2, -0.15) is 13.2 Å². The molecule has 1 aromatic rings. The normalized spacial score (nSPS) is 17.8. The maximum absolute atomic E-state index is 13.2. The summed E-state index contributed by atoms with van der Waals surface area (Å²) in [6.07, 6.45) is -2.62. The number of nitrogens with one attached hydrogen (secondary N) is 2. The molecule has 0 amide bonds. The Balaban J connectivity index is 1.79. The Hall–Kier alpha value is -2.00. The molecule has 0 radical (unpaired) electrons. The first-order chi connectivity index (χ1) is 12.9. The Kier molecular flexibility index (Phi) is 8.18. The quantitative estimate of drug-likeness (QED) is 0.407. The highest BCUT2D eigenvalue weighted by atomic mass is 19.4. The van der Waals surface area contributed by atoms with Gasteiger partial charge in [0.25, 0.3) is 0 Å². The molecule has 1 aliphatic heterocycles. The highest BCUT2D eigenvalue weighted by Crippen LogP contribution is 2.34. The van der Waals surface area contributed by atoms with Gasteiger partial charge in [-0.1, -0.05) is 6.07 Å². The van der Waals surface area contributed by atoms with Gasteiger partial charge in [0.05, 0.1) is 25.4 Å². The van der Waals surface area contributed by atoms with Gasteiger partial charge < -0.3 is 24.8 Å². The van der Waals surface area contributed by atoms with Crippen molar-refractivity contribution in [2.45, 2.75) is 31.7 Å². The zero-order valence-corrected chi connectivity index (χ0v) is 15.6. The van der Waals surface area contributed by atoms with Crippen molar-refractivity contribution in [2.75, 3.05) is 40.5 Å². The molecule has 9 heteroatoms. The molecule has 1 atom stereocenters. The molecule has 0 aliphatic carbocycles. The molecule has 2 N–H and O–H groups in total. The highest BCUT2D eigenvalue weighted by molar-refractivity contribution is 5.79. The number of hydrogen-bond acceptors (Lipinski definition) is 4. The van der Waals surface area contributed by atoms with Gasteiger partial charge in [0.2, 0.25) is 0 Å². The lowest BCUT2D eigenvalue weighted by atomic mass is 10.1. The van der Waals surface area contributed by atoms with E-state index in [1.807, 2.05) is 0 Å². The first-order valence-electron chi connectivity index (χ1n) is 8.82. The molecule has 0 bridgehead atoms. The standard InChI is InChI=1S/C18H26F3N3O3/c1-22-17(23-7-3-8-27-15-6-9-26-12-15)24-11-13-4-5-14(25-2)10-16(13)18(19,20)21/h4-5,10,15H,3,6-9,11-12H2,1-2H3,(H2,22,23,24). The maximum atomic E-state index is 13.2. The SMILES string of the molecule is CN=C(NCCCOC1CCOC1)NCc1ccc(OC)cc1C(F)(F)F. The smallest absolute Gasteiger partial charge is 0.416 e. The van der Waals surface area contributed by atoms with E-state index in [1.54, 1.807) is 7.05 Å². The highest BCUT2D eigenvalue weighted by Gasteiger charge is 2.33. The molecule has 1 aliphatic rings. The van der Waals surface area contributed by atoms with Crippen LogP contribution in [0.25, 0.3) is 0 Å². The monoisotopic (exact) mass is 389 g/mol. The first kappa shape index (κ1) is 21.3. The van der Waals surface area contributed by atoms with Crippen LogP contribution < -0.4 is 15.4 Å². The molecule has 0 aromatic heterocycles. The van der Waals surface area contributed by atoms with E-state index < -0.39 is 11.7 Å². The fourth-order valence-corrected chi connectivity index (χ4v) is 2.67. The van der Waals surface area contributed by atoms with E-state index in [9.17, 15) is 13.2 Å². The third-order valence-electron chi connectivity index (χ3n) is 4.15. The predicted molar refractivity (Wildman–Crippen MR) is 96.0 cm³/mol. The van der Waals surface area contributed by atoms with Gasteiger partial charge in [-0.3, -0.25) is 4.99 Å². The Morgan fingerprint density at radius 3 is 2.78 bits per heavy atom. The Morgan fingerprint density at radius 1 is 1.33 bits per heavy atom. The van der Waals surface area contributed by atoms with Gasteiger partial charge >= 0.3 is 6.18 Å². The van der Waals surface area contributed by atoms with Crippen LogP contribution in [0.3, 0.4) is 0 Å². The second kappa shape index (κ2) is 10.4. The summed E-state index contributed by atoms with van der Waals surface area (Å²) in [5, 5.41) is 5.97. The van der Waals surface area contributed by atoms with Crippen LogP contribution in [-0.4, -0.2) is 52.6 Å². The van der Waals surface area contributed by atoms with E-state index in [2.05, 4.69) is 15.6 Å². The lowest BCUT2D eigenvalue weighted by molar-refractivity contribution is -0.138. The summed E-state index contributed by atoms with van der Waals surface area (Å²) in [5.41, 5.74) is -0.604. The van der Waals surface area contributed by atoms with E-state index in [4.69, 9.17) is 14.2 Å². The minimum absolute atomic E-state index is 0.00553. The fourth-order valence-electron chi connectivity index (χ4n) is 2.67. The van der Waals surface area contributed by atoms with E-state index in [-0.39, 0.29) is 24.0 Å². The molecule has 1 saturated heterocycles. The first-order valence-corrected chi connectivity index (χ1v) is 8.82. The maximum Gasteiger partial charge on any atom is 0.416 e. The Labute approximate surface area is 157 Å². The van der Waals surface area contributed by atoms with E-state index in [1.165, 1.54) is 19.2 Å². The molecule has 152 valence electrons. The van der Waals surface area contributed by atoms with Gasteiger partial charge in [0.15, 0.2) is 5.96 Å². The number of alkyl halides is 3. The summed E-state index contributed by atoms with van der Waals surface area (Å²) in [6, 6.07) is 3.91. The van der Waals surface area contributed by atoms with E-state index in [0.29, 0.717) is 25.7 Å². The van der Waals surface area contributed by atoms with Crippen LogP contribution in [0.15, 0.2) is 23.2 Å². The lowest BCUT2D eigenvalue weighted by Crippen LogP contribution is -2.38. The van der Waals surface area contributed by atoms with Crippen molar-refractivity contribution in [3.63, 3.8) is 0 Å². The summed E-state index contributed by atoms with van der Waals surface area (Å²) >= 11 is 0. The third kappa shape index (κ3) is 6.91. The number of rotatable bonds is 8. The number of hydrogen-bond donors (Lipinski definition) is 2. The number of ether oxygens (including phenoxy) is 3. The van der Waals surface area contributed by atoms with Crippen LogP contribution in [0.4, 0.5) is 13.2 Å². The van der Waals surface area contributed by atoms with Crippen molar-refractivity contribution >= 4 is 5.96 Å². The number of nitrogens with zero attached hydrogens (tertiary/aromatic N) is 1. The van der Waals surface area contributed by atoms with Gasteiger partial charge in [-0.15, -0.1) is 0 Å². The van der Waals surface area contributed by atoms with Crippen molar-refractivity contribution in [2.24, 2.45) is 4.99 Å². The molecule has 6 nitrogen and oxygen atoms in total. The second-order valence-corrected chi connectivity index (χ2v) is 6.08. The van der Waals surface area contributed by atoms with Crippen LogP contribution in [0.2, 0.25) is 0 Å². The third-order valence-corrected chi connectivity index (χ3v) is 4.15. The second-order valence-electron chi connectivity index (χ2n) is 6.08.